The molecule has 2 unspecified atom stereocenters. The van der Waals surface area contributed by atoms with Crippen LogP contribution in [0.3, 0.4) is 0 Å². The van der Waals surface area contributed by atoms with E-state index in [0.717, 1.165) is 0 Å². The van der Waals surface area contributed by atoms with Gasteiger partial charge in [-0.3, -0.25) is 4.79 Å². The number of aromatic nitrogens is 3. The molecule has 2 atom stereocenters. The summed E-state index contributed by atoms with van der Waals surface area (Å²) >= 11 is 0. The number of likely N-dealkylation sites (tertiary alicyclic amines) is 1. The first kappa shape index (κ1) is 18.2. The molecule has 2 aliphatic rings. The first-order chi connectivity index (χ1) is 13.5. The van der Waals surface area contributed by atoms with Gasteiger partial charge in [-0.25, -0.2) is 9.48 Å². The van der Waals surface area contributed by atoms with Crippen molar-refractivity contribution < 1.29 is 28.9 Å². The summed E-state index contributed by atoms with van der Waals surface area (Å²) in [6.07, 6.45) is -0.0781. The molecular weight excluding hydrogens is 368 g/mol. The Morgan fingerprint density at radius 3 is 2.71 bits per heavy atom. The quantitative estimate of drug-likeness (QED) is 0.812. The molecule has 0 aliphatic carbocycles. The lowest BCUT2D eigenvalue weighted by Gasteiger charge is -2.20. The lowest BCUT2D eigenvalue weighted by molar-refractivity contribution is -0.141. The minimum atomic E-state index is -1.07. The van der Waals surface area contributed by atoms with Gasteiger partial charge in [0.25, 0.3) is 5.91 Å². The van der Waals surface area contributed by atoms with Crippen LogP contribution in [0.1, 0.15) is 22.6 Å². The molecule has 10 heteroatoms. The molecule has 0 bridgehead atoms. The highest BCUT2D eigenvalue weighted by molar-refractivity contribution is 5.96. The molecule has 1 N–H and O–H groups in total. The summed E-state index contributed by atoms with van der Waals surface area (Å²) in [6.45, 7) is 2.87. The molecule has 1 saturated heterocycles. The van der Waals surface area contributed by atoms with E-state index in [2.05, 4.69) is 10.3 Å². The Bertz CT molecular complexity index is 927. The van der Waals surface area contributed by atoms with Crippen LogP contribution >= 0.6 is 0 Å². The first-order valence-electron chi connectivity index (χ1n) is 8.88. The van der Waals surface area contributed by atoms with Crippen molar-refractivity contribution in [3.8, 4) is 17.2 Å². The van der Waals surface area contributed by atoms with Gasteiger partial charge in [0.15, 0.2) is 17.2 Å². The van der Waals surface area contributed by atoms with Gasteiger partial charge in [0.05, 0.1) is 17.5 Å². The molecule has 148 valence electrons. The summed E-state index contributed by atoms with van der Waals surface area (Å²) in [4.78, 5) is 25.8. The van der Waals surface area contributed by atoms with Gasteiger partial charge in [-0.1, -0.05) is 5.21 Å². The first-order valence-corrected chi connectivity index (χ1v) is 8.88. The number of hydrogen-bond donors (Lipinski definition) is 1. The van der Waals surface area contributed by atoms with E-state index >= 15 is 0 Å². The van der Waals surface area contributed by atoms with Gasteiger partial charge >= 0.3 is 5.97 Å². The molecule has 2 aromatic rings. The summed E-state index contributed by atoms with van der Waals surface area (Å²) in [6, 6.07) is 4.38. The second-order valence-electron chi connectivity index (χ2n) is 6.67. The Balaban J connectivity index is 1.63. The highest BCUT2D eigenvalue weighted by Crippen LogP contribution is 2.32. The molecule has 10 nitrogen and oxygen atoms in total. The molecule has 1 fully saturated rings. The SMILES string of the molecule is COC1CC(C(=O)O)N(C(=O)c2nnn(-c3ccc4c(c3)OCCO4)c2C)C1. The van der Waals surface area contributed by atoms with Crippen LogP contribution in [-0.2, 0) is 9.53 Å². The third kappa shape index (κ3) is 3.05. The average Bonchev–Trinajstić information content (AvgIpc) is 3.31. The fourth-order valence-corrected chi connectivity index (χ4v) is 3.50. The summed E-state index contributed by atoms with van der Waals surface area (Å²) in [5.41, 5.74) is 1.28. The summed E-state index contributed by atoms with van der Waals surface area (Å²) in [5.74, 6) is -0.297. The third-order valence-electron chi connectivity index (χ3n) is 5.01. The maximum absolute atomic E-state index is 13.0. The Labute approximate surface area is 160 Å². The van der Waals surface area contributed by atoms with Crippen molar-refractivity contribution in [1.29, 1.82) is 0 Å². The molecule has 2 aliphatic heterocycles. The number of methoxy groups -OCH3 is 1. The van der Waals surface area contributed by atoms with Crippen molar-refractivity contribution >= 4 is 11.9 Å². The fourth-order valence-electron chi connectivity index (χ4n) is 3.50. The molecule has 0 radical (unpaired) electrons. The van der Waals surface area contributed by atoms with E-state index in [1.165, 1.54) is 16.7 Å². The highest BCUT2D eigenvalue weighted by Gasteiger charge is 2.41. The number of carboxylic acids is 1. The van der Waals surface area contributed by atoms with Crippen LogP contribution in [0.4, 0.5) is 0 Å². The number of amides is 1. The Morgan fingerprint density at radius 1 is 1.25 bits per heavy atom. The second kappa shape index (κ2) is 7.12. The maximum Gasteiger partial charge on any atom is 0.326 e. The van der Waals surface area contributed by atoms with Gasteiger partial charge in [-0.05, 0) is 19.1 Å². The van der Waals surface area contributed by atoms with Crippen molar-refractivity contribution in [2.45, 2.75) is 25.5 Å². The number of ether oxygens (including phenoxy) is 3. The summed E-state index contributed by atoms with van der Waals surface area (Å²) in [7, 11) is 1.50. The van der Waals surface area contributed by atoms with Crippen LogP contribution in [0.25, 0.3) is 5.69 Å². The monoisotopic (exact) mass is 388 g/mol. The number of rotatable bonds is 4. The Morgan fingerprint density at radius 2 is 2.00 bits per heavy atom. The van der Waals surface area contributed by atoms with E-state index in [1.807, 2.05) is 0 Å². The van der Waals surface area contributed by atoms with Gasteiger partial charge < -0.3 is 24.2 Å². The average molecular weight is 388 g/mol. The number of fused-ring (bicyclic) bond motifs is 1. The minimum absolute atomic E-state index is 0.109. The second-order valence-corrected chi connectivity index (χ2v) is 6.67. The van der Waals surface area contributed by atoms with Crippen molar-refractivity contribution in [3.63, 3.8) is 0 Å². The van der Waals surface area contributed by atoms with Gasteiger partial charge in [-0.2, -0.15) is 0 Å². The predicted molar refractivity (Wildman–Crippen MR) is 95.0 cm³/mol. The van der Waals surface area contributed by atoms with E-state index in [4.69, 9.17) is 14.2 Å². The van der Waals surface area contributed by atoms with Crippen LogP contribution in [-0.4, -0.2) is 75.9 Å². The van der Waals surface area contributed by atoms with Crippen LogP contribution in [0.2, 0.25) is 0 Å². The lowest BCUT2D eigenvalue weighted by atomic mass is 10.2. The molecule has 1 aromatic heterocycles. The Kier molecular flexibility index (Phi) is 4.63. The topological polar surface area (TPSA) is 116 Å². The minimum Gasteiger partial charge on any atom is -0.486 e. The maximum atomic E-state index is 13.0. The number of carbonyl (C=O) groups excluding carboxylic acids is 1. The van der Waals surface area contributed by atoms with Crippen LogP contribution in [0.5, 0.6) is 11.5 Å². The van der Waals surface area contributed by atoms with E-state index < -0.39 is 17.9 Å². The van der Waals surface area contributed by atoms with E-state index in [-0.39, 0.29) is 24.8 Å². The van der Waals surface area contributed by atoms with Gasteiger partial charge in [-0.15, -0.1) is 5.10 Å². The van der Waals surface area contributed by atoms with Gasteiger partial charge in [0.1, 0.15) is 19.3 Å². The van der Waals surface area contributed by atoms with E-state index in [1.54, 1.807) is 25.1 Å². The van der Waals surface area contributed by atoms with Crippen molar-refractivity contribution in [2.75, 3.05) is 26.9 Å². The zero-order valence-electron chi connectivity index (χ0n) is 15.5. The molecule has 28 heavy (non-hydrogen) atoms. The van der Waals surface area contributed by atoms with E-state index in [0.29, 0.717) is 36.1 Å². The Hall–Kier alpha value is -3.14. The summed E-state index contributed by atoms with van der Waals surface area (Å²) < 4.78 is 17.9. The number of nitrogens with zero attached hydrogens (tertiary/aromatic N) is 4. The lowest BCUT2D eigenvalue weighted by Crippen LogP contribution is -2.41. The largest absolute Gasteiger partial charge is 0.486 e. The number of carboxylic acid groups (broad SMARTS) is 1. The third-order valence-corrected chi connectivity index (χ3v) is 5.01. The highest BCUT2D eigenvalue weighted by atomic mass is 16.6. The number of benzene rings is 1. The van der Waals surface area contributed by atoms with Crippen LogP contribution < -0.4 is 9.47 Å². The summed E-state index contributed by atoms with van der Waals surface area (Å²) in [5, 5.41) is 17.5. The van der Waals surface area contributed by atoms with E-state index in [9.17, 15) is 14.7 Å². The van der Waals surface area contributed by atoms with Crippen LogP contribution in [0, 0.1) is 6.92 Å². The number of aliphatic carboxylic acids is 1. The normalized spacial score (nSPS) is 21.0. The molecule has 3 heterocycles. The molecule has 1 aromatic carbocycles. The molecule has 0 saturated carbocycles. The number of hydrogen-bond acceptors (Lipinski definition) is 7. The molecule has 4 rings (SSSR count). The predicted octanol–water partition coefficient (Wildman–Crippen LogP) is 0.661. The van der Waals surface area contributed by atoms with Crippen molar-refractivity contribution in [1.82, 2.24) is 19.9 Å². The van der Waals surface area contributed by atoms with Crippen LogP contribution in [0.15, 0.2) is 18.2 Å². The molecule has 0 spiro atoms. The van der Waals surface area contributed by atoms with Gasteiger partial charge in [0.2, 0.25) is 0 Å². The standard InChI is InChI=1S/C18H20N4O6/c1-10-16(17(23)21-9-12(26-2)8-13(21)18(24)25)19-20-22(10)11-3-4-14-15(7-11)28-6-5-27-14/h3-4,7,12-13H,5-6,8-9H2,1-2H3,(H,24,25). The van der Waals surface area contributed by atoms with Crippen molar-refractivity contribution in [3.05, 3.63) is 29.6 Å². The fraction of sp³-hybridized carbons (Fsp3) is 0.444. The number of carbonyl (C=O) groups is 2. The zero-order chi connectivity index (χ0) is 19.8. The molecular formula is C18H20N4O6. The zero-order valence-corrected chi connectivity index (χ0v) is 15.5. The van der Waals surface area contributed by atoms with Gasteiger partial charge in [0, 0.05) is 26.1 Å². The molecule has 1 amide bonds. The smallest absolute Gasteiger partial charge is 0.326 e. The van der Waals surface area contributed by atoms with Crippen molar-refractivity contribution in [2.24, 2.45) is 0 Å².